The Kier molecular flexibility index (Phi) is 9.50. The summed E-state index contributed by atoms with van der Waals surface area (Å²) in [5, 5.41) is 3.63. The fourth-order valence-corrected chi connectivity index (χ4v) is 3.95. The molecule has 0 radical (unpaired) electrons. The minimum absolute atomic E-state index is 0. The van der Waals surface area contributed by atoms with Gasteiger partial charge in [-0.1, -0.05) is 24.3 Å². The zero-order chi connectivity index (χ0) is 19.1. The van der Waals surface area contributed by atoms with Crippen LogP contribution in [0.1, 0.15) is 36.8 Å². The smallest absolute Gasteiger partial charge is 0.193 e. The molecule has 1 saturated carbocycles. The maximum atomic E-state index is 5.78. The highest BCUT2D eigenvalue weighted by Gasteiger charge is 2.35. The van der Waals surface area contributed by atoms with Crippen molar-refractivity contribution in [1.29, 1.82) is 0 Å². The van der Waals surface area contributed by atoms with E-state index in [-0.39, 0.29) is 29.4 Å². The van der Waals surface area contributed by atoms with Crippen LogP contribution in [0.15, 0.2) is 29.3 Å². The van der Waals surface area contributed by atoms with E-state index >= 15 is 0 Å². The van der Waals surface area contributed by atoms with E-state index in [9.17, 15) is 0 Å². The van der Waals surface area contributed by atoms with Crippen molar-refractivity contribution in [3.8, 4) is 0 Å². The lowest BCUT2D eigenvalue weighted by Crippen LogP contribution is -2.49. The quantitative estimate of drug-likeness (QED) is 0.256. The summed E-state index contributed by atoms with van der Waals surface area (Å²) in [4.78, 5) is 6.65. The van der Waals surface area contributed by atoms with Crippen LogP contribution in [0.3, 0.4) is 0 Å². The van der Waals surface area contributed by atoms with Crippen molar-refractivity contribution < 1.29 is 9.47 Å². The van der Waals surface area contributed by atoms with Gasteiger partial charge in [-0.25, -0.2) is 0 Å². The molecule has 158 valence electrons. The Morgan fingerprint density at radius 3 is 2.64 bits per heavy atom. The topological polar surface area (TPSA) is 46.1 Å². The van der Waals surface area contributed by atoms with Gasteiger partial charge in [-0.3, -0.25) is 4.99 Å². The van der Waals surface area contributed by atoms with Gasteiger partial charge in [0.1, 0.15) is 0 Å². The van der Waals surface area contributed by atoms with Crippen LogP contribution in [0, 0.1) is 12.8 Å². The molecule has 1 aliphatic heterocycles. The second-order valence-corrected chi connectivity index (χ2v) is 8.05. The van der Waals surface area contributed by atoms with E-state index < -0.39 is 0 Å². The number of nitrogens with zero attached hydrogens (tertiary/aromatic N) is 2. The fourth-order valence-electron chi connectivity index (χ4n) is 3.95. The van der Waals surface area contributed by atoms with Gasteiger partial charge in [-0.05, 0) is 49.7 Å². The van der Waals surface area contributed by atoms with Gasteiger partial charge in [0.15, 0.2) is 5.96 Å². The van der Waals surface area contributed by atoms with Crippen molar-refractivity contribution in [2.24, 2.45) is 10.9 Å². The van der Waals surface area contributed by atoms with E-state index in [2.05, 4.69) is 53.4 Å². The molecule has 0 bridgehead atoms. The van der Waals surface area contributed by atoms with Gasteiger partial charge in [0.25, 0.3) is 0 Å². The zero-order valence-corrected chi connectivity index (χ0v) is 19.9. The lowest BCUT2D eigenvalue weighted by atomic mass is 9.72. The van der Waals surface area contributed by atoms with Gasteiger partial charge in [0.05, 0.1) is 6.61 Å². The molecule has 1 saturated heterocycles. The number of nitrogens with one attached hydrogen (secondary N) is 1. The number of hydrogen-bond acceptors (Lipinski definition) is 3. The Morgan fingerprint density at radius 1 is 1.29 bits per heavy atom. The van der Waals surface area contributed by atoms with Crippen LogP contribution in [-0.2, 0) is 14.9 Å². The maximum Gasteiger partial charge on any atom is 0.193 e. The number of hydrogen-bond donors (Lipinski definition) is 1. The number of aliphatic imine (C=N–C) groups is 1. The number of aryl methyl sites for hydroxylation is 1. The number of halogens is 1. The van der Waals surface area contributed by atoms with Crippen LogP contribution in [0.5, 0.6) is 0 Å². The van der Waals surface area contributed by atoms with Gasteiger partial charge < -0.3 is 19.7 Å². The monoisotopic (exact) mass is 501 g/mol. The summed E-state index contributed by atoms with van der Waals surface area (Å²) in [6.45, 7) is 7.25. The third kappa shape index (κ3) is 6.32. The van der Waals surface area contributed by atoms with Crippen molar-refractivity contribution in [2.75, 3.05) is 53.6 Å². The lowest BCUT2D eigenvalue weighted by Gasteiger charge is -2.39. The van der Waals surface area contributed by atoms with Crippen LogP contribution in [0.2, 0.25) is 0 Å². The third-order valence-corrected chi connectivity index (χ3v) is 5.95. The molecule has 1 N–H and O–H groups in total. The molecule has 1 aliphatic carbocycles. The highest BCUT2D eigenvalue weighted by Crippen LogP contribution is 2.36. The predicted octanol–water partition coefficient (Wildman–Crippen LogP) is 3.60. The van der Waals surface area contributed by atoms with E-state index in [1.54, 1.807) is 0 Å². The zero-order valence-electron chi connectivity index (χ0n) is 17.6. The second-order valence-electron chi connectivity index (χ2n) is 8.05. The van der Waals surface area contributed by atoms with Gasteiger partial charge in [0.2, 0.25) is 0 Å². The molecule has 0 aromatic heterocycles. The first-order valence-corrected chi connectivity index (χ1v) is 10.3. The number of benzene rings is 1. The summed E-state index contributed by atoms with van der Waals surface area (Å²) in [6, 6.07) is 8.76. The van der Waals surface area contributed by atoms with Crippen LogP contribution in [0.4, 0.5) is 0 Å². The van der Waals surface area contributed by atoms with Gasteiger partial charge in [0, 0.05) is 52.4 Å². The van der Waals surface area contributed by atoms with Crippen LogP contribution >= 0.6 is 24.0 Å². The molecule has 2 aliphatic rings. The Morgan fingerprint density at radius 2 is 2.00 bits per heavy atom. The minimum atomic E-state index is 0. The standard InChI is InChI=1S/C22H35N3O2.HI/c1-18-6-4-5-7-20(18)22(10-13-26-14-11-22)17-24-21(23-2)25(3)12-15-27-16-19-8-9-19;/h4-7,19H,8-17H2,1-3H3,(H,23,24);1H. The average molecular weight is 501 g/mol. The molecule has 5 nitrogen and oxygen atoms in total. The summed E-state index contributed by atoms with van der Waals surface area (Å²) in [5.41, 5.74) is 2.90. The third-order valence-electron chi connectivity index (χ3n) is 5.95. The molecule has 0 atom stereocenters. The number of rotatable bonds is 8. The van der Waals surface area contributed by atoms with E-state index in [1.807, 2.05) is 7.05 Å². The normalized spacial score (nSPS) is 19.0. The van der Waals surface area contributed by atoms with E-state index in [0.717, 1.165) is 64.2 Å². The number of likely N-dealkylation sites (N-methyl/N-ethyl adjacent to an activating group) is 1. The summed E-state index contributed by atoms with van der Waals surface area (Å²) in [6.07, 6.45) is 4.75. The van der Waals surface area contributed by atoms with E-state index in [0.29, 0.717) is 0 Å². The molecule has 0 spiro atoms. The van der Waals surface area contributed by atoms with Crippen LogP contribution in [-0.4, -0.2) is 64.5 Å². The van der Waals surface area contributed by atoms with Crippen LogP contribution in [0.25, 0.3) is 0 Å². The highest BCUT2D eigenvalue weighted by molar-refractivity contribution is 14.0. The highest BCUT2D eigenvalue weighted by atomic mass is 127. The predicted molar refractivity (Wildman–Crippen MR) is 126 cm³/mol. The Labute approximate surface area is 187 Å². The molecule has 2 fully saturated rings. The molecular weight excluding hydrogens is 465 g/mol. The maximum absolute atomic E-state index is 5.78. The largest absolute Gasteiger partial charge is 0.381 e. The van der Waals surface area contributed by atoms with Crippen molar-refractivity contribution in [3.63, 3.8) is 0 Å². The lowest BCUT2D eigenvalue weighted by molar-refractivity contribution is 0.0509. The Bertz CT molecular complexity index is 628. The Hall–Kier alpha value is -0.860. The number of guanidine groups is 1. The summed E-state index contributed by atoms with van der Waals surface area (Å²) >= 11 is 0. The van der Waals surface area contributed by atoms with Crippen molar-refractivity contribution in [3.05, 3.63) is 35.4 Å². The first-order chi connectivity index (χ1) is 13.1. The SMILES string of the molecule is CN=C(NCC1(c2ccccc2C)CCOCC1)N(C)CCOCC1CC1.I. The summed E-state index contributed by atoms with van der Waals surface area (Å²) in [5.74, 6) is 1.75. The molecular formula is C22H36IN3O2. The minimum Gasteiger partial charge on any atom is -0.381 e. The molecule has 0 amide bonds. The molecule has 0 unspecified atom stereocenters. The first-order valence-electron chi connectivity index (χ1n) is 10.3. The molecule has 28 heavy (non-hydrogen) atoms. The molecule has 1 heterocycles. The number of ether oxygens (including phenoxy) is 2. The molecule has 3 rings (SSSR count). The van der Waals surface area contributed by atoms with Crippen molar-refractivity contribution in [1.82, 2.24) is 10.2 Å². The fraction of sp³-hybridized carbons (Fsp3) is 0.682. The van der Waals surface area contributed by atoms with E-state index in [1.165, 1.54) is 24.0 Å². The average Bonchev–Trinajstić information content (AvgIpc) is 3.51. The van der Waals surface area contributed by atoms with E-state index in [4.69, 9.17) is 9.47 Å². The molecule has 6 heteroatoms. The van der Waals surface area contributed by atoms with Gasteiger partial charge in [-0.15, -0.1) is 24.0 Å². The van der Waals surface area contributed by atoms with Gasteiger partial charge >= 0.3 is 0 Å². The van der Waals surface area contributed by atoms with Gasteiger partial charge in [-0.2, -0.15) is 0 Å². The molecule has 1 aromatic rings. The summed E-state index contributed by atoms with van der Waals surface area (Å²) < 4.78 is 11.5. The summed E-state index contributed by atoms with van der Waals surface area (Å²) in [7, 11) is 3.94. The first kappa shape index (κ1) is 23.4. The van der Waals surface area contributed by atoms with Crippen molar-refractivity contribution in [2.45, 2.75) is 38.0 Å². The second kappa shape index (κ2) is 11.4. The Balaban J connectivity index is 0.00000280. The van der Waals surface area contributed by atoms with Crippen LogP contribution < -0.4 is 5.32 Å². The van der Waals surface area contributed by atoms with Crippen molar-refractivity contribution >= 4 is 29.9 Å². The molecule has 1 aromatic carbocycles.